The Morgan fingerprint density at radius 1 is 0.408 bits per heavy atom. The number of H-pyrrole nitrogens is 3. The number of amides is 14. The Bertz CT molecular complexity index is 4940. The molecule has 40 heteroatoms. The SMILES string of the molecule is CC(=O)N[C@@H](CS)C(=O)N[C@@H](Cc1ccccc1)C(=O)N[C@H](C(=O)N[C@@H](Cc1c[nH]c2ccccc12)C(=O)N[C@@H](CCC(N)=O)C(=O)N[C@@H](CS)C(=O)N[C@@H](Cc1ccc(O)cc1)C(=O)N[C@@H](Cc1c[nH]c2ccccc12)C(=O)N[C@@H](Cc1cnc[nH]1)C(=O)N[C@@H](CCC(=O)O)C(=O)N[C@@H](Cc1ccc(O)cc1)C(=O)N[C@@H](CO)C(N)=O)[C@@H](C)O. The van der Waals surface area contributed by atoms with Gasteiger partial charge in [-0.05, 0) is 84.0 Å². The maximum atomic E-state index is 15.3. The Morgan fingerprint density at radius 3 is 1.15 bits per heavy atom. The van der Waals surface area contributed by atoms with Gasteiger partial charge in [-0.25, -0.2) is 4.98 Å². The molecule has 38 nitrogen and oxygen atoms in total. The third kappa shape index (κ3) is 27.7. The van der Waals surface area contributed by atoms with Gasteiger partial charge >= 0.3 is 5.97 Å². The molecule has 0 aliphatic rings. The van der Waals surface area contributed by atoms with Crippen LogP contribution < -0.4 is 75.3 Å². The molecule has 3 heterocycles. The summed E-state index contributed by atoms with van der Waals surface area (Å²) in [5.74, 6) is -16.8. The van der Waals surface area contributed by atoms with Gasteiger partial charge in [-0.1, -0.05) is 91.0 Å². The number of hydrogen-bond donors (Lipinski definition) is 24. The number of para-hydroxylation sites is 2. The highest BCUT2D eigenvalue weighted by Gasteiger charge is 2.39. The van der Waals surface area contributed by atoms with Crippen LogP contribution in [0.5, 0.6) is 11.5 Å². The Morgan fingerprint density at radius 2 is 0.758 bits per heavy atom. The van der Waals surface area contributed by atoms with Gasteiger partial charge in [0, 0.05) is 116 Å². The average Bonchev–Trinajstić information content (AvgIpc) is 1.68. The molecule has 638 valence electrons. The lowest BCUT2D eigenvalue weighted by atomic mass is 10.0. The molecule has 8 aromatic rings. The molecule has 24 N–H and O–H groups in total. The Labute approximate surface area is 697 Å². The van der Waals surface area contributed by atoms with Gasteiger partial charge in [0.25, 0.3) is 0 Å². The van der Waals surface area contributed by atoms with Crippen molar-refractivity contribution < 1.29 is 97.5 Å². The topological polar surface area (TPSA) is 614 Å². The number of aliphatic carboxylic acids is 1. The average molecular weight is 1690 g/mol. The molecule has 3 aromatic heterocycles. The number of hydrogen-bond acceptors (Lipinski definition) is 22. The van der Waals surface area contributed by atoms with E-state index in [1.165, 1.54) is 74.9 Å². The summed E-state index contributed by atoms with van der Waals surface area (Å²) in [6.45, 7) is 1.41. The van der Waals surface area contributed by atoms with E-state index < -0.39 is 218 Å². The molecule has 0 bridgehead atoms. The minimum Gasteiger partial charge on any atom is -0.508 e. The molecule has 0 aliphatic heterocycles. The number of thiol groups is 2. The quantitative estimate of drug-likeness (QED) is 0.0172. The maximum absolute atomic E-state index is 15.3. The van der Waals surface area contributed by atoms with Crippen molar-refractivity contribution >= 4 is 136 Å². The van der Waals surface area contributed by atoms with E-state index in [9.17, 15) is 83.1 Å². The van der Waals surface area contributed by atoms with E-state index in [4.69, 9.17) is 11.5 Å². The van der Waals surface area contributed by atoms with E-state index in [1.54, 1.807) is 91.3 Å². The van der Waals surface area contributed by atoms with Crippen LogP contribution in [-0.4, -0.2) is 231 Å². The van der Waals surface area contributed by atoms with Crippen LogP contribution in [-0.2, 0) is 110 Å². The van der Waals surface area contributed by atoms with Gasteiger partial charge in [-0.2, -0.15) is 25.3 Å². The lowest BCUT2D eigenvalue weighted by molar-refractivity contribution is -0.138. The van der Waals surface area contributed by atoms with E-state index in [1.807, 2.05) is 0 Å². The number of aromatic hydroxyl groups is 2. The van der Waals surface area contributed by atoms with Gasteiger partial charge in [0.15, 0.2) is 0 Å². The number of rotatable bonds is 46. The normalized spacial score (nSPS) is 14.4. The zero-order chi connectivity index (χ0) is 87.3. The molecule has 13 atom stereocenters. The van der Waals surface area contributed by atoms with Crippen molar-refractivity contribution in [3.05, 3.63) is 186 Å². The Hall–Kier alpha value is -13.3. The van der Waals surface area contributed by atoms with Crippen LogP contribution >= 0.6 is 25.3 Å². The monoisotopic (exact) mass is 1690 g/mol. The molecular weight excluding hydrogens is 1600 g/mol. The molecule has 0 saturated carbocycles. The van der Waals surface area contributed by atoms with Crippen LogP contribution in [0.1, 0.15) is 73.0 Å². The van der Waals surface area contributed by atoms with E-state index in [2.05, 4.69) is 109 Å². The number of nitrogens with zero attached hydrogens (tertiary/aromatic N) is 1. The molecule has 14 amide bonds. The number of carbonyl (C=O) groups excluding carboxylic acids is 14. The van der Waals surface area contributed by atoms with Gasteiger partial charge in [-0.15, -0.1) is 0 Å². The number of benzene rings is 5. The second kappa shape index (κ2) is 44.8. The highest BCUT2D eigenvalue weighted by atomic mass is 32.1. The first-order chi connectivity index (χ1) is 57.3. The summed E-state index contributed by atoms with van der Waals surface area (Å²) in [5.41, 5.74) is 14.5. The number of carbonyl (C=O) groups is 15. The second-order valence-electron chi connectivity index (χ2n) is 28.3. The molecular formula is C80H96N18O20S2. The van der Waals surface area contributed by atoms with E-state index in [0.717, 1.165) is 0 Å². The molecule has 0 aliphatic carbocycles. The molecule has 8 rings (SSSR count). The summed E-state index contributed by atoms with van der Waals surface area (Å²) in [5, 5.41) is 82.6. The first kappa shape index (κ1) is 92.2. The minimum absolute atomic E-state index is 0.151. The van der Waals surface area contributed by atoms with Crippen molar-refractivity contribution in [3.8, 4) is 11.5 Å². The van der Waals surface area contributed by atoms with Crippen LogP contribution in [0.4, 0.5) is 0 Å². The van der Waals surface area contributed by atoms with E-state index in [0.29, 0.717) is 49.6 Å². The first-order valence-corrected chi connectivity index (χ1v) is 39.1. The molecule has 0 unspecified atom stereocenters. The number of phenols is 2. The van der Waals surface area contributed by atoms with Crippen molar-refractivity contribution in [3.63, 3.8) is 0 Å². The summed E-state index contributed by atoms with van der Waals surface area (Å²) < 4.78 is 0. The largest absolute Gasteiger partial charge is 0.508 e. The number of aromatic amines is 3. The van der Waals surface area contributed by atoms with Gasteiger partial charge < -0.3 is 116 Å². The number of imidazole rings is 1. The number of aliphatic hydroxyl groups is 2. The van der Waals surface area contributed by atoms with Crippen LogP contribution in [0.25, 0.3) is 21.8 Å². The number of nitrogens with one attached hydrogen (secondary N) is 15. The summed E-state index contributed by atoms with van der Waals surface area (Å²) >= 11 is 8.57. The Balaban J connectivity index is 1.06. The van der Waals surface area contributed by atoms with Crippen LogP contribution in [0.2, 0.25) is 0 Å². The number of phenolic OH excluding ortho intramolecular Hbond substituents is 2. The summed E-state index contributed by atoms with van der Waals surface area (Å²) in [4.78, 5) is 223. The van der Waals surface area contributed by atoms with Crippen molar-refractivity contribution in [1.82, 2.24) is 83.7 Å². The van der Waals surface area contributed by atoms with Gasteiger partial charge in [0.05, 0.1) is 19.0 Å². The fraction of sp³-hybridized carbons (Fsp3) is 0.350. The predicted octanol–water partition coefficient (Wildman–Crippen LogP) is -2.77. The highest BCUT2D eigenvalue weighted by Crippen LogP contribution is 2.23. The first-order valence-electron chi connectivity index (χ1n) is 37.9. The molecule has 0 radical (unpaired) electrons. The zero-order valence-electron chi connectivity index (χ0n) is 65.0. The zero-order valence-corrected chi connectivity index (χ0v) is 66.8. The van der Waals surface area contributed by atoms with Crippen molar-refractivity contribution in [2.24, 2.45) is 11.5 Å². The third-order valence-electron chi connectivity index (χ3n) is 19.2. The number of fused-ring (bicyclic) bond motifs is 2. The number of primary amides is 2. The molecule has 0 fully saturated rings. The number of aromatic nitrogens is 4. The van der Waals surface area contributed by atoms with Crippen molar-refractivity contribution in [2.45, 2.75) is 157 Å². The molecule has 0 spiro atoms. The van der Waals surface area contributed by atoms with E-state index >= 15 is 14.4 Å². The third-order valence-corrected chi connectivity index (χ3v) is 19.9. The fourth-order valence-electron chi connectivity index (χ4n) is 12.8. The smallest absolute Gasteiger partial charge is 0.303 e. The van der Waals surface area contributed by atoms with Crippen LogP contribution in [0.3, 0.4) is 0 Å². The number of carboxylic acid groups (broad SMARTS) is 1. The maximum Gasteiger partial charge on any atom is 0.303 e. The summed E-state index contributed by atoms with van der Waals surface area (Å²) in [6, 6.07) is 13.1. The minimum atomic E-state index is -1.85. The number of aliphatic hydroxyl groups excluding tert-OH is 2. The molecule has 120 heavy (non-hydrogen) atoms. The lowest BCUT2D eigenvalue weighted by Crippen LogP contribution is -2.62. The molecule has 5 aromatic carbocycles. The second-order valence-corrected chi connectivity index (χ2v) is 29.0. The summed E-state index contributed by atoms with van der Waals surface area (Å²) in [7, 11) is 0. The van der Waals surface area contributed by atoms with Gasteiger partial charge in [0.2, 0.25) is 82.7 Å². The number of nitrogens with two attached hydrogens (primary N) is 2. The van der Waals surface area contributed by atoms with E-state index in [-0.39, 0.29) is 48.6 Å². The fourth-order valence-corrected chi connectivity index (χ4v) is 13.3. The van der Waals surface area contributed by atoms with Crippen molar-refractivity contribution in [2.75, 3.05) is 18.1 Å². The number of carboxylic acids is 1. The molecule has 0 saturated heterocycles. The standard InChI is InChI=1S/C80H96N18O20S2/c1-41(100)68(98-77(115)59(28-43-10-4-3-5-11-43)92-78(116)64(38-119)87-42(2)101)80(118)95-61(32-47-35-85-54-15-9-7-13-52(47)54)74(112)88-55(24-26-66(81)104)71(109)97-65(39-120)79(117)91-57(29-44-16-20-49(102)21-17-44)72(110)93-60(31-46-34-84-53-14-8-6-12-51(46)53)75(113)94-62(33-48-36-83-40-86-48)76(114)89-56(25-27-67(105)106)70(108)90-58(30-45-18-22-50(103)23-19-45)73(111)96-63(37-99)69(82)107/h3-23,34-36,40-41,55-65,68,84-85,99-100,102-103,119-120H,24-33,37-39H2,1-2H3,(H2,81,104)(H2,82,107)(H,83,86)(H,87,101)(H,88,112)(H,89,114)(H,90,108)(H,91,117)(H,92,116)(H,93,110)(H,94,113)(H,95,118)(H,96,111)(H,97,109)(H,98,115)(H,105,106)/t41-,55+,56+,57+,58+,59+,60+,61+,62+,63+,64+,65+,68+/m1/s1. The van der Waals surface area contributed by atoms with Crippen LogP contribution in [0.15, 0.2) is 152 Å². The highest BCUT2D eigenvalue weighted by molar-refractivity contribution is 7.80. The Kier molecular flexibility index (Phi) is 34.4. The lowest BCUT2D eigenvalue weighted by Gasteiger charge is -2.29. The summed E-state index contributed by atoms with van der Waals surface area (Å²) in [6.07, 6.45) is -0.479. The van der Waals surface area contributed by atoms with Gasteiger partial charge in [0.1, 0.15) is 84.0 Å². The predicted molar refractivity (Wildman–Crippen MR) is 440 cm³/mol. The van der Waals surface area contributed by atoms with Crippen molar-refractivity contribution in [1.29, 1.82) is 0 Å². The van der Waals surface area contributed by atoms with Gasteiger partial charge in [-0.3, -0.25) is 71.9 Å². The van der Waals surface area contributed by atoms with Crippen LogP contribution in [0, 0.1) is 0 Å².